The van der Waals surface area contributed by atoms with Gasteiger partial charge >= 0.3 is 0 Å². The lowest BCUT2D eigenvalue weighted by atomic mass is 9.85. The molecule has 0 saturated heterocycles. The van der Waals surface area contributed by atoms with Gasteiger partial charge in [0.1, 0.15) is 5.82 Å². The van der Waals surface area contributed by atoms with E-state index in [-0.39, 0.29) is 11.5 Å². The molecular weight excluding hydrogens is 188 g/mol. The molecule has 0 bridgehead atoms. The number of nitrogens with one attached hydrogen (secondary N) is 1. The molecule has 0 spiro atoms. The van der Waals surface area contributed by atoms with Crippen LogP contribution < -0.4 is 5.73 Å². The zero-order valence-corrected chi connectivity index (χ0v) is 10.2. The van der Waals surface area contributed by atoms with Gasteiger partial charge < -0.3 is 5.73 Å². The van der Waals surface area contributed by atoms with E-state index < -0.39 is 0 Å². The van der Waals surface area contributed by atoms with E-state index in [0.717, 1.165) is 30.9 Å². The number of H-pyrrole nitrogens is 1. The van der Waals surface area contributed by atoms with Crippen molar-refractivity contribution in [2.45, 2.75) is 53.0 Å². The summed E-state index contributed by atoms with van der Waals surface area (Å²) in [6.45, 7) is 8.54. The molecule has 86 valence electrons. The van der Waals surface area contributed by atoms with Crippen molar-refractivity contribution in [2.75, 3.05) is 0 Å². The van der Waals surface area contributed by atoms with Gasteiger partial charge in [-0.25, -0.2) is 4.98 Å². The highest BCUT2D eigenvalue weighted by Crippen LogP contribution is 2.19. The molecule has 3 N–H and O–H groups in total. The Labute approximate surface area is 91.7 Å². The van der Waals surface area contributed by atoms with Crippen LogP contribution in [0.25, 0.3) is 0 Å². The molecule has 1 rings (SSSR count). The lowest BCUT2D eigenvalue weighted by Gasteiger charge is -2.25. The molecule has 1 atom stereocenters. The Morgan fingerprint density at radius 2 is 2.07 bits per heavy atom. The van der Waals surface area contributed by atoms with Crippen molar-refractivity contribution in [3.05, 3.63) is 11.6 Å². The first-order chi connectivity index (χ1) is 6.93. The van der Waals surface area contributed by atoms with Crippen molar-refractivity contribution in [1.82, 2.24) is 15.2 Å². The largest absolute Gasteiger partial charge is 0.327 e. The molecule has 15 heavy (non-hydrogen) atoms. The van der Waals surface area contributed by atoms with Crippen molar-refractivity contribution < 1.29 is 0 Å². The van der Waals surface area contributed by atoms with Gasteiger partial charge in [-0.1, -0.05) is 27.7 Å². The normalized spacial score (nSPS) is 14.2. The second-order valence-corrected chi connectivity index (χ2v) is 5.12. The average Bonchev–Trinajstić information content (AvgIpc) is 2.51. The maximum atomic E-state index is 6.08. The number of hydrogen-bond donors (Lipinski definition) is 2. The monoisotopic (exact) mass is 210 g/mol. The average molecular weight is 210 g/mol. The highest BCUT2D eigenvalue weighted by atomic mass is 15.2. The fourth-order valence-corrected chi connectivity index (χ4v) is 1.28. The Bertz CT molecular complexity index is 298. The Kier molecular flexibility index (Phi) is 3.85. The topological polar surface area (TPSA) is 67.6 Å². The molecule has 0 fully saturated rings. The molecule has 0 aliphatic rings. The van der Waals surface area contributed by atoms with E-state index in [2.05, 4.69) is 42.9 Å². The number of nitrogens with two attached hydrogens (primary N) is 1. The maximum absolute atomic E-state index is 6.08. The fraction of sp³-hybridized carbons (Fsp3) is 0.818. The smallest absolute Gasteiger partial charge is 0.150 e. The van der Waals surface area contributed by atoms with Crippen LogP contribution in [0.15, 0.2) is 0 Å². The van der Waals surface area contributed by atoms with Crippen LogP contribution in [0.2, 0.25) is 0 Å². The summed E-state index contributed by atoms with van der Waals surface area (Å²) in [5, 5.41) is 7.10. The first kappa shape index (κ1) is 12.2. The molecule has 1 aromatic heterocycles. The molecule has 4 nitrogen and oxygen atoms in total. The molecule has 1 aromatic rings. The summed E-state index contributed by atoms with van der Waals surface area (Å²) in [5.74, 6) is 1.80. The highest BCUT2D eigenvalue weighted by Gasteiger charge is 2.21. The molecule has 0 aliphatic carbocycles. The summed E-state index contributed by atoms with van der Waals surface area (Å²) in [6.07, 6.45) is 2.77. The lowest BCUT2D eigenvalue weighted by molar-refractivity contribution is 0.315. The number of aryl methyl sites for hydroxylation is 1. The highest BCUT2D eigenvalue weighted by molar-refractivity contribution is 4.95. The van der Waals surface area contributed by atoms with E-state index in [1.807, 2.05) is 0 Å². The third kappa shape index (κ3) is 3.63. The summed E-state index contributed by atoms with van der Waals surface area (Å²) >= 11 is 0. The van der Waals surface area contributed by atoms with E-state index in [0.29, 0.717) is 0 Å². The van der Waals surface area contributed by atoms with Gasteiger partial charge in [0, 0.05) is 18.9 Å². The van der Waals surface area contributed by atoms with Crippen molar-refractivity contribution in [1.29, 1.82) is 0 Å². The number of hydrogen-bond acceptors (Lipinski definition) is 3. The molecule has 1 heterocycles. The van der Waals surface area contributed by atoms with Crippen molar-refractivity contribution in [3.63, 3.8) is 0 Å². The number of nitrogens with zero attached hydrogens (tertiary/aromatic N) is 2. The summed E-state index contributed by atoms with van der Waals surface area (Å²) in [6, 6.07) is 0.111. The Balaban J connectivity index is 2.57. The number of aromatic nitrogens is 3. The van der Waals surface area contributed by atoms with Crippen LogP contribution in [0.1, 0.15) is 45.8 Å². The third-order valence-corrected chi connectivity index (χ3v) is 2.58. The maximum Gasteiger partial charge on any atom is 0.150 e. The predicted octanol–water partition coefficient (Wildman–Crippen LogP) is 1.67. The van der Waals surface area contributed by atoms with Crippen LogP contribution in [0.3, 0.4) is 0 Å². The summed E-state index contributed by atoms with van der Waals surface area (Å²) in [4.78, 5) is 4.41. The van der Waals surface area contributed by atoms with Crippen LogP contribution in [-0.4, -0.2) is 21.2 Å². The van der Waals surface area contributed by atoms with E-state index in [1.165, 1.54) is 0 Å². The summed E-state index contributed by atoms with van der Waals surface area (Å²) in [5.41, 5.74) is 6.19. The van der Waals surface area contributed by atoms with Gasteiger partial charge in [0.15, 0.2) is 5.82 Å². The number of rotatable bonds is 4. The van der Waals surface area contributed by atoms with Crippen LogP contribution in [0, 0.1) is 5.41 Å². The Hall–Kier alpha value is -0.900. The van der Waals surface area contributed by atoms with E-state index >= 15 is 0 Å². The van der Waals surface area contributed by atoms with Crippen LogP contribution >= 0.6 is 0 Å². The molecule has 0 amide bonds. The molecule has 0 aromatic carbocycles. The van der Waals surface area contributed by atoms with Crippen molar-refractivity contribution in [2.24, 2.45) is 11.1 Å². The molecule has 4 heteroatoms. The van der Waals surface area contributed by atoms with Gasteiger partial charge in [-0.3, -0.25) is 5.10 Å². The Morgan fingerprint density at radius 1 is 1.40 bits per heavy atom. The molecule has 0 radical (unpaired) electrons. The third-order valence-electron chi connectivity index (χ3n) is 2.58. The van der Waals surface area contributed by atoms with Gasteiger partial charge in [0.25, 0.3) is 0 Å². The second kappa shape index (κ2) is 4.75. The quantitative estimate of drug-likeness (QED) is 0.794. The minimum Gasteiger partial charge on any atom is -0.327 e. The van der Waals surface area contributed by atoms with Gasteiger partial charge in [-0.15, -0.1) is 0 Å². The van der Waals surface area contributed by atoms with Crippen LogP contribution in [0.4, 0.5) is 0 Å². The first-order valence-corrected chi connectivity index (χ1v) is 5.59. The minimum atomic E-state index is 0.109. The molecular formula is C11H22N4. The zero-order valence-electron chi connectivity index (χ0n) is 10.2. The van der Waals surface area contributed by atoms with Gasteiger partial charge in [-0.05, 0) is 11.8 Å². The van der Waals surface area contributed by atoms with Gasteiger partial charge in [0.05, 0.1) is 0 Å². The molecule has 0 aliphatic heterocycles. The summed E-state index contributed by atoms with van der Waals surface area (Å²) in [7, 11) is 0. The van der Waals surface area contributed by atoms with E-state index in [4.69, 9.17) is 5.73 Å². The van der Waals surface area contributed by atoms with Crippen LogP contribution in [0.5, 0.6) is 0 Å². The Morgan fingerprint density at radius 3 is 2.60 bits per heavy atom. The minimum absolute atomic E-state index is 0.109. The predicted molar refractivity (Wildman–Crippen MR) is 61.5 cm³/mol. The lowest BCUT2D eigenvalue weighted by Crippen LogP contribution is -2.37. The molecule has 0 saturated carbocycles. The van der Waals surface area contributed by atoms with Gasteiger partial charge in [-0.2, -0.15) is 5.10 Å². The van der Waals surface area contributed by atoms with Crippen molar-refractivity contribution in [3.8, 4) is 0 Å². The standard InChI is InChI=1S/C11H22N4/c1-5-6-9-13-10(15-14-9)7-8(12)11(2,3)4/h8H,5-7,12H2,1-4H3,(H,13,14,15). The number of aromatic amines is 1. The van der Waals surface area contributed by atoms with Crippen molar-refractivity contribution >= 4 is 0 Å². The second-order valence-electron chi connectivity index (χ2n) is 5.12. The SMILES string of the molecule is CCCc1n[nH]c(CC(N)C(C)(C)C)n1. The van der Waals surface area contributed by atoms with Crippen LogP contribution in [-0.2, 0) is 12.8 Å². The molecule has 1 unspecified atom stereocenters. The first-order valence-electron chi connectivity index (χ1n) is 5.59. The summed E-state index contributed by atoms with van der Waals surface area (Å²) < 4.78 is 0. The fourth-order valence-electron chi connectivity index (χ4n) is 1.28. The van der Waals surface area contributed by atoms with E-state index in [9.17, 15) is 0 Å². The van der Waals surface area contributed by atoms with Gasteiger partial charge in [0.2, 0.25) is 0 Å². The van der Waals surface area contributed by atoms with E-state index in [1.54, 1.807) is 0 Å². The zero-order chi connectivity index (χ0) is 11.5.